The number of alkyl halides is 2. The molecule has 0 aliphatic rings. The van der Waals surface area contributed by atoms with Crippen LogP contribution in [0.2, 0.25) is 0 Å². The number of hydrogen-bond donors (Lipinski definition) is 2. The van der Waals surface area contributed by atoms with Crippen molar-refractivity contribution in [3.63, 3.8) is 0 Å². The van der Waals surface area contributed by atoms with E-state index >= 15 is 0 Å². The molecule has 0 radical (unpaired) electrons. The van der Waals surface area contributed by atoms with Gasteiger partial charge in [0.25, 0.3) is 0 Å². The molecule has 3 aromatic rings. The van der Waals surface area contributed by atoms with Crippen LogP contribution in [0.5, 0.6) is 5.75 Å². The maximum atomic E-state index is 14.1. The van der Waals surface area contributed by atoms with Crippen molar-refractivity contribution in [2.24, 2.45) is 0 Å². The number of halogens is 2. The van der Waals surface area contributed by atoms with Crippen molar-refractivity contribution in [1.82, 2.24) is 19.9 Å². The Morgan fingerprint density at radius 3 is 2.50 bits per heavy atom. The van der Waals surface area contributed by atoms with Crippen molar-refractivity contribution in [2.45, 2.75) is 26.7 Å². The van der Waals surface area contributed by atoms with Crippen LogP contribution in [-0.4, -0.2) is 33.0 Å². The first-order valence-corrected chi connectivity index (χ1v) is 8.94. The molecule has 30 heavy (non-hydrogen) atoms. The van der Waals surface area contributed by atoms with Crippen LogP contribution in [0.3, 0.4) is 0 Å². The summed E-state index contributed by atoms with van der Waals surface area (Å²) in [6.07, 6.45) is 4.60. The second kappa shape index (κ2) is 8.36. The van der Waals surface area contributed by atoms with Gasteiger partial charge in [-0.15, -0.1) is 0 Å². The molecule has 3 rings (SSSR count). The summed E-state index contributed by atoms with van der Waals surface area (Å²) in [7, 11) is 1.44. The summed E-state index contributed by atoms with van der Waals surface area (Å²) >= 11 is 0. The number of carbonyl (C=O) groups excluding carboxylic acids is 1. The summed E-state index contributed by atoms with van der Waals surface area (Å²) < 4.78 is 33.4. The van der Waals surface area contributed by atoms with E-state index in [0.717, 1.165) is 12.5 Å². The molecule has 156 valence electrons. The summed E-state index contributed by atoms with van der Waals surface area (Å²) in [6.45, 7) is 3.92. The van der Waals surface area contributed by atoms with E-state index in [-0.39, 0.29) is 23.2 Å². The minimum atomic E-state index is -3.26. The Bertz CT molecular complexity index is 1090. The molecule has 0 saturated carbocycles. The lowest BCUT2D eigenvalue weighted by atomic mass is 10.1. The van der Waals surface area contributed by atoms with Crippen LogP contribution in [0, 0.1) is 6.92 Å². The van der Waals surface area contributed by atoms with Gasteiger partial charge in [-0.25, -0.2) is 15.0 Å². The smallest absolute Gasteiger partial charge is 0.303 e. The van der Waals surface area contributed by atoms with Crippen LogP contribution in [0.1, 0.15) is 25.2 Å². The van der Waals surface area contributed by atoms with E-state index in [1.807, 2.05) is 6.92 Å². The number of rotatable bonds is 6. The van der Waals surface area contributed by atoms with Crippen molar-refractivity contribution in [3.05, 3.63) is 48.2 Å². The van der Waals surface area contributed by atoms with Crippen LogP contribution in [0.4, 0.5) is 26.1 Å². The largest absolute Gasteiger partial charge is 0.493 e. The van der Waals surface area contributed by atoms with Gasteiger partial charge in [0.2, 0.25) is 11.7 Å². The highest BCUT2D eigenvalue weighted by Gasteiger charge is 2.29. The quantitative estimate of drug-likeness (QED) is 0.627. The number of aromatic nitrogens is 4. The maximum Gasteiger partial charge on any atom is 0.303 e. The minimum Gasteiger partial charge on any atom is -0.493 e. The third-order valence-electron chi connectivity index (χ3n) is 3.94. The maximum absolute atomic E-state index is 14.1. The van der Waals surface area contributed by atoms with Crippen molar-refractivity contribution in [3.8, 4) is 17.0 Å². The average Bonchev–Trinajstić information content (AvgIpc) is 2.67. The number of amides is 1. The number of anilines is 3. The first kappa shape index (κ1) is 21.0. The van der Waals surface area contributed by atoms with Crippen LogP contribution >= 0.6 is 0 Å². The highest BCUT2D eigenvalue weighted by Crippen LogP contribution is 2.32. The number of aryl methyl sites for hydroxylation is 1. The summed E-state index contributed by atoms with van der Waals surface area (Å²) in [6, 6.07) is 4.84. The fraction of sp³-hybridized carbons (Fsp3) is 0.250. The summed E-state index contributed by atoms with van der Waals surface area (Å²) in [5.41, 5.74) is 2.11. The second-order valence-corrected chi connectivity index (χ2v) is 6.68. The zero-order valence-corrected chi connectivity index (χ0v) is 16.8. The van der Waals surface area contributed by atoms with Gasteiger partial charge in [0.15, 0.2) is 5.75 Å². The first-order valence-electron chi connectivity index (χ1n) is 8.94. The van der Waals surface area contributed by atoms with Crippen LogP contribution in [0.15, 0.2) is 36.8 Å². The zero-order chi connectivity index (χ0) is 21.9. The molecule has 0 bridgehead atoms. The molecule has 3 aromatic heterocycles. The van der Waals surface area contributed by atoms with E-state index in [2.05, 4.69) is 30.6 Å². The van der Waals surface area contributed by atoms with Crippen molar-refractivity contribution in [2.75, 3.05) is 17.7 Å². The van der Waals surface area contributed by atoms with E-state index in [4.69, 9.17) is 4.74 Å². The third-order valence-corrected chi connectivity index (χ3v) is 3.94. The monoisotopic (exact) mass is 414 g/mol. The number of hydrogen-bond acceptors (Lipinski definition) is 7. The van der Waals surface area contributed by atoms with Gasteiger partial charge in [-0.3, -0.25) is 9.78 Å². The Kier molecular flexibility index (Phi) is 5.86. The Hall–Kier alpha value is -3.69. The van der Waals surface area contributed by atoms with Crippen molar-refractivity contribution >= 4 is 23.2 Å². The lowest BCUT2D eigenvalue weighted by molar-refractivity contribution is -0.114. The van der Waals surface area contributed by atoms with Gasteiger partial charge in [-0.05, 0) is 18.6 Å². The number of nitrogens with one attached hydrogen (secondary N) is 2. The molecule has 0 fully saturated rings. The molecule has 0 aromatic carbocycles. The number of ether oxygens (including phenoxy) is 1. The molecule has 2 N–H and O–H groups in total. The van der Waals surface area contributed by atoms with Crippen LogP contribution < -0.4 is 15.4 Å². The number of nitrogens with zero attached hydrogens (tertiary/aromatic N) is 4. The first-order chi connectivity index (χ1) is 14.2. The molecule has 3 heterocycles. The molecule has 1 amide bonds. The van der Waals surface area contributed by atoms with Gasteiger partial charge in [-0.2, -0.15) is 8.78 Å². The van der Waals surface area contributed by atoms with Gasteiger partial charge >= 0.3 is 5.92 Å². The molecule has 0 aliphatic heterocycles. The topological polar surface area (TPSA) is 102 Å². The van der Waals surface area contributed by atoms with Gasteiger partial charge < -0.3 is 15.4 Å². The highest BCUT2D eigenvalue weighted by molar-refractivity contribution is 5.88. The Labute approximate surface area is 171 Å². The second-order valence-electron chi connectivity index (χ2n) is 6.68. The number of methoxy groups -OCH3 is 1. The lowest BCUT2D eigenvalue weighted by Gasteiger charge is -2.15. The van der Waals surface area contributed by atoms with Crippen LogP contribution in [0.25, 0.3) is 11.3 Å². The molecule has 0 spiro atoms. The fourth-order valence-electron chi connectivity index (χ4n) is 2.64. The van der Waals surface area contributed by atoms with Gasteiger partial charge in [-0.1, -0.05) is 0 Å². The summed E-state index contributed by atoms with van der Waals surface area (Å²) in [5.74, 6) is -3.47. The van der Waals surface area contributed by atoms with Gasteiger partial charge in [0, 0.05) is 43.9 Å². The molecule has 8 nitrogen and oxygen atoms in total. The Balaban J connectivity index is 2.07. The van der Waals surface area contributed by atoms with E-state index in [9.17, 15) is 13.6 Å². The van der Waals surface area contributed by atoms with Crippen molar-refractivity contribution in [1.29, 1.82) is 0 Å². The Morgan fingerprint density at radius 1 is 1.10 bits per heavy atom. The molecule has 0 unspecified atom stereocenters. The highest BCUT2D eigenvalue weighted by atomic mass is 19.3. The van der Waals surface area contributed by atoms with E-state index < -0.39 is 11.7 Å². The molecule has 0 atom stereocenters. The molecule has 0 saturated heterocycles. The normalized spacial score (nSPS) is 11.1. The lowest BCUT2D eigenvalue weighted by Crippen LogP contribution is -2.14. The Morgan fingerprint density at radius 2 is 1.87 bits per heavy atom. The van der Waals surface area contributed by atoms with E-state index in [1.165, 1.54) is 32.4 Å². The summed E-state index contributed by atoms with van der Waals surface area (Å²) in [4.78, 5) is 27.4. The van der Waals surface area contributed by atoms with E-state index in [0.29, 0.717) is 17.0 Å². The predicted octanol–water partition coefficient (Wildman–Crippen LogP) is 4.06. The standard InChI is InChI=1S/C20H20F2N6O2/c1-11-5-13(9-23-8-11)14-6-18(28-19(27-14)20(3,21)22)26-15-7-17(25-12(2)29)24-10-16(15)30-4/h5-10H,1-4H3,(H2,24,25,26,27,28,29). The molecular weight excluding hydrogens is 394 g/mol. The average molecular weight is 414 g/mol. The van der Waals surface area contributed by atoms with Gasteiger partial charge in [0.05, 0.1) is 24.7 Å². The number of pyridine rings is 2. The van der Waals surface area contributed by atoms with Crippen molar-refractivity contribution < 1.29 is 18.3 Å². The fourth-order valence-corrected chi connectivity index (χ4v) is 2.64. The summed E-state index contributed by atoms with van der Waals surface area (Å²) in [5, 5.41) is 5.51. The third kappa shape index (κ3) is 5.02. The molecule has 0 aliphatic carbocycles. The van der Waals surface area contributed by atoms with Gasteiger partial charge in [0.1, 0.15) is 11.6 Å². The zero-order valence-electron chi connectivity index (χ0n) is 16.8. The minimum absolute atomic E-state index is 0.122. The molecular formula is C20H20F2N6O2. The van der Waals surface area contributed by atoms with Crippen LogP contribution in [-0.2, 0) is 10.7 Å². The van der Waals surface area contributed by atoms with E-state index in [1.54, 1.807) is 18.5 Å². The number of carbonyl (C=O) groups is 1. The SMILES string of the molecule is COc1cnc(NC(C)=O)cc1Nc1cc(-c2cncc(C)c2)nc(C(C)(F)F)n1. The molecule has 10 heteroatoms. The predicted molar refractivity (Wildman–Crippen MR) is 108 cm³/mol.